The number of nitrogens with zero attached hydrogens (tertiary/aromatic N) is 1. The first-order valence-corrected chi connectivity index (χ1v) is 8.82. The second-order valence-corrected chi connectivity index (χ2v) is 5.66. The highest BCUT2D eigenvalue weighted by Crippen LogP contribution is 2.30. The van der Waals surface area contributed by atoms with Crippen LogP contribution in [0.25, 0.3) is 0 Å². The minimum absolute atomic E-state index is 0.499. The maximum atomic E-state index is 11.2. The fourth-order valence-corrected chi connectivity index (χ4v) is 2.40. The lowest BCUT2D eigenvalue weighted by atomic mass is 10.2. The number of hydrogen-bond acceptors (Lipinski definition) is 5. The third-order valence-corrected chi connectivity index (χ3v) is 3.80. The van der Waals surface area contributed by atoms with E-state index in [-0.39, 0.29) is 0 Å². The summed E-state index contributed by atoms with van der Waals surface area (Å²) in [5.41, 5.74) is 2.52. The van der Waals surface area contributed by atoms with E-state index in [1.165, 1.54) is 7.11 Å². The number of anilines is 2. The summed E-state index contributed by atoms with van der Waals surface area (Å²) in [4.78, 5) is 15.4. The number of hydrogen-bond donors (Lipinski definition) is 3. The number of aliphatic imine (C=N–C) groups is 1. The summed E-state index contributed by atoms with van der Waals surface area (Å²) >= 11 is 0. The van der Waals surface area contributed by atoms with Crippen LogP contribution < -0.4 is 25.4 Å². The van der Waals surface area contributed by atoms with Crippen LogP contribution >= 0.6 is 0 Å². The van der Waals surface area contributed by atoms with Crippen molar-refractivity contribution in [2.45, 2.75) is 13.5 Å². The lowest BCUT2D eigenvalue weighted by Gasteiger charge is -2.15. The molecule has 8 heteroatoms. The van der Waals surface area contributed by atoms with Gasteiger partial charge in [-0.25, -0.2) is 4.79 Å². The molecule has 0 spiro atoms. The molecule has 0 aliphatic rings. The molecular formula is C20H26N4O4. The van der Waals surface area contributed by atoms with Gasteiger partial charge in [0, 0.05) is 31.0 Å². The molecule has 1 amide bonds. The molecule has 0 radical (unpaired) electrons. The van der Waals surface area contributed by atoms with Gasteiger partial charge in [-0.2, -0.15) is 0 Å². The molecule has 2 rings (SSSR count). The normalized spacial score (nSPS) is 10.8. The number of rotatable bonds is 7. The molecule has 0 saturated heterocycles. The lowest BCUT2D eigenvalue weighted by Crippen LogP contribution is -2.30. The van der Waals surface area contributed by atoms with Gasteiger partial charge in [-0.3, -0.25) is 10.3 Å². The summed E-state index contributed by atoms with van der Waals surface area (Å²) in [6.45, 7) is 3.06. The van der Waals surface area contributed by atoms with Crippen LogP contribution in [0.4, 0.5) is 16.2 Å². The highest BCUT2D eigenvalue weighted by molar-refractivity contribution is 5.93. The number of guanidine groups is 1. The molecule has 0 atom stereocenters. The zero-order valence-electron chi connectivity index (χ0n) is 16.5. The van der Waals surface area contributed by atoms with Crippen LogP contribution in [-0.4, -0.2) is 39.9 Å². The van der Waals surface area contributed by atoms with Gasteiger partial charge in [0.25, 0.3) is 0 Å². The summed E-state index contributed by atoms with van der Waals surface area (Å²) in [7, 11) is 4.63. The van der Waals surface area contributed by atoms with E-state index < -0.39 is 6.09 Å². The lowest BCUT2D eigenvalue weighted by molar-refractivity contribution is 0.187. The molecule has 8 nitrogen and oxygen atoms in total. The molecule has 2 aromatic rings. The smallest absolute Gasteiger partial charge is 0.411 e. The Bertz CT molecular complexity index is 806. The molecule has 0 aliphatic heterocycles. The van der Waals surface area contributed by atoms with E-state index in [4.69, 9.17) is 9.47 Å². The Balaban J connectivity index is 1.95. The van der Waals surface area contributed by atoms with Crippen LogP contribution in [0.5, 0.6) is 11.5 Å². The van der Waals surface area contributed by atoms with Crippen LogP contribution in [0, 0.1) is 0 Å². The van der Waals surface area contributed by atoms with Crippen molar-refractivity contribution in [2.24, 2.45) is 4.99 Å². The average molecular weight is 386 g/mol. The topological polar surface area (TPSA) is 93.2 Å². The molecule has 0 aliphatic carbocycles. The fourth-order valence-electron chi connectivity index (χ4n) is 2.40. The van der Waals surface area contributed by atoms with Crippen molar-refractivity contribution in [2.75, 3.05) is 38.5 Å². The first kappa shape index (κ1) is 20.9. The zero-order chi connectivity index (χ0) is 20.4. The van der Waals surface area contributed by atoms with Gasteiger partial charge in [-0.15, -0.1) is 0 Å². The highest BCUT2D eigenvalue weighted by Gasteiger charge is 2.07. The van der Waals surface area contributed by atoms with E-state index in [1.54, 1.807) is 26.3 Å². The van der Waals surface area contributed by atoms with E-state index in [1.807, 2.05) is 37.3 Å². The molecule has 28 heavy (non-hydrogen) atoms. The van der Waals surface area contributed by atoms with Gasteiger partial charge in [-0.05, 0) is 36.8 Å². The van der Waals surface area contributed by atoms with Gasteiger partial charge in [-0.1, -0.05) is 12.1 Å². The number of carbonyl (C=O) groups is 1. The third kappa shape index (κ3) is 6.08. The Labute approximate surface area is 164 Å². The summed E-state index contributed by atoms with van der Waals surface area (Å²) in [5, 5.41) is 9.07. The quantitative estimate of drug-likeness (QED) is 0.498. The minimum atomic E-state index is -0.499. The molecule has 150 valence electrons. The molecule has 0 fully saturated rings. The van der Waals surface area contributed by atoms with Crippen molar-refractivity contribution >= 4 is 23.4 Å². The fraction of sp³-hybridized carbons (Fsp3) is 0.300. The SMILES string of the molecule is CCOc1ccc(NC(=NC)NCc2ccc(NC(=O)OC)cc2)cc1OC. The summed E-state index contributed by atoms with van der Waals surface area (Å²) < 4.78 is 15.5. The summed E-state index contributed by atoms with van der Waals surface area (Å²) in [6.07, 6.45) is -0.499. The Kier molecular flexibility index (Phi) is 7.95. The Morgan fingerprint density at radius 1 is 1.00 bits per heavy atom. The predicted molar refractivity (Wildman–Crippen MR) is 110 cm³/mol. The first-order chi connectivity index (χ1) is 13.6. The van der Waals surface area contributed by atoms with Crippen LogP contribution in [0.2, 0.25) is 0 Å². The molecule has 0 unspecified atom stereocenters. The first-order valence-electron chi connectivity index (χ1n) is 8.82. The van der Waals surface area contributed by atoms with Gasteiger partial charge in [0.05, 0.1) is 20.8 Å². The van der Waals surface area contributed by atoms with Crippen LogP contribution in [0.15, 0.2) is 47.5 Å². The van der Waals surface area contributed by atoms with Gasteiger partial charge >= 0.3 is 6.09 Å². The Morgan fingerprint density at radius 3 is 2.32 bits per heavy atom. The van der Waals surface area contributed by atoms with Crippen LogP contribution in [-0.2, 0) is 11.3 Å². The summed E-state index contributed by atoms with van der Waals surface area (Å²) in [5.74, 6) is 1.96. The molecular weight excluding hydrogens is 360 g/mol. The van der Waals surface area contributed by atoms with Crippen molar-refractivity contribution in [1.82, 2.24) is 5.32 Å². The average Bonchev–Trinajstić information content (AvgIpc) is 2.73. The van der Waals surface area contributed by atoms with Gasteiger partial charge in [0.1, 0.15) is 0 Å². The van der Waals surface area contributed by atoms with E-state index in [9.17, 15) is 4.79 Å². The second-order valence-electron chi connectivity index (χ2n) is 5.66. The maximum absolute atomic E-state index is 11.2. The Hall–Kier alpha value is -3.42. The van der Waals surface area contributed by atoms with E-state index in [0.29, 0.717) is 36.3 Å². The highest BCUT2D eigenvalue weighted by atomic mass is 16.5. The standard InChI is InChI=1S/C20H26N4O4/c1-5-28-17-11-10-16(12-18(17)26-3)23-19(21-2)22-13-14-6-8-15(9-7-14)24-20(25)27-4/h6-12H,5,13H2,1-4H3,(H,24,25)(H2,21,22,23). The van der Waals surface area contributed by atoms with E-state index >= 15 is 0 Å². The number of benzene rings is 2. The number of ether oxygens (including phenoxy) is 3. The van der Waals surface area contributed by atoms with E-state index in [0.717, 1.165) is 11.3 Å². The van der Waals surface area contributed by atoms with Gasteiger partial charge in [0.2, 0.25) is 0 Å². The van der Waals surface area contributed by atoms with E-state index in [2.05, 4.69) is 25.7 Å². The number of carbonyl (C=O) groups excluding carboxylic acids is 1. The maximum Gasteiger partial charge on any atom is 0.411 e. The number of nitrogens with one attached hydrogen (secondary N) is 3. The van der Waals surface area contributed by atoms with Crippen molar-refractivity contribution in [3.05, 3.63) is 48.0 Å². The van der Waals surface area contributed by atoms with Crippen molar-refractivity contribution in [3.63, 3.8) is 0 Å². The van der Waals surface area contributed by atoms with Crippen LogP contribution in [0.1, 0.15) is 12.5 Å². The number of methoxy groups -OCH3 is 2. The van der Waals surface area contributed by atoms with Crippen molar-refractivity contribution < 1.29 is 19.0 Å². The number of amides is 1. The predicted octanol–water partition coefficient (Wildman–Crippen LogP) is 3.46. The van der Waals surface area contributed by atoms with Gasteiger partial charge in [0.15, 0.2) is 17.5 Å². The zero-order valence-corrected chi connectivity index (χ0v) is 16.5. The van der Waals surface area contributed by atoms with Crippen LogP contribution in [0.3, 0.4) is 0 Å². The molecule has 2 aromatic carbocycles. The summed E-state index contributed by atoms with van der Waals surface area (Å²) in [6, 6.07) is 13.0. The van der Waals surface area contributed by atoms with Crippen molar-refractivity contribution in [1.29, 1.82) is 0 Å². The second kappa shape index (κ2) is 10.7. The third-order valence-electron chi connectivity index (χ3n) is 3.80. The molecule has 3 N–H and O–H groups in total. The molecule has 0 aromatic heterocycles. The monoisotopic (exact) mass is 386 g/mol. The molecule has 0 bridgehead atoms. The Morgan fingerprint density at radius 2 is 1.71 bits per heavy atom. The van der Waals surface area contributed by atoms with Gasteiger partial charge < -0.3 is 24.8 Å². The van der Waals surface area contributed by atoms with Crippen molar-refractivity contribution in [3.8, 4) is 11.5 Å². The molecule has 0 heterocycles. The largest absolute Gasteiger partial charge is 0.493 e. The minimum Gasteiger partial charge on any atom is -0.493 e. The molecule has 0 saturated carbocycles.